The van der Waals surface area contributed by atoms with Crippen LogP contribution in [0.4, 0.5) is 0 Å². The van der Waals surface area contributed by atoms with E-state index in [2.05, 4.69) is 15.0 Å². The first-order valence-corrected chi connectivity index (χ1v) is 8.24. The maximum Gasteiger partial charge on any atom is 0.225 e. The third-order valence-corrected chi connectivity index (χ3v) is 4.79. The normalized spacial score (nSPS) is 27.0. The van der Waals surface area contributed by atoms with Crippen molar-refractivity contribution in [3.8, 4) is 0 Å². The number of aliphatic hydroxyl groups excluding tert-OH is 1. The lowest BCUT2D eigenvalue weighted by atomic mass is 9.86. The molecule has 0 bridgehead atoms. The third kappa shape index (κ3) is 3.84. The highest BCUT2D eigenvalue weighted by atomic mass is 16.3. The number of aliphatic hydroxyl groups is 1. The van der Waals surface area contributed by atoms with Crippen LogP contribution in [0.2, 0.25) is 0 Å². The van der Waals surface area contributed by atoms with E-state index in [1.54, 1.807) is 12.7 Å². The molecule has 0 spiro atoms. The standard InChI is InChI=1S/C15H25N5O2/c21-14-3-1-2-13(10-14)15(22)19-7-4-18(5-8-19)6-9-20-12-16-11-17-20/h11-14,21H,1-10H2/t13-,14-/m0/s1. The zero-order valence-corrected chi connectivity index (χ0v) is 13.0. The van der Waals surface area contributed by atoms with Crippen molar-refractivity contribution in [2.45, 2.75) is 38.3 Å². The van der Waals surface area contributed by atoms with Gasteiger partial charge >= 0.3 is 0 Å². The molecule has 1 amide bonds. The monoisotopic (exact) mass is 307 g/mol. The Morgan fingerprint density at radius 3 is 2.68 bits per heavy atom. The fourth-order valence-electron chi connectivity index (χ4n) is 3.43. The van der Waals surface area contributed by atoms with Crippen molar-refractivity contribution >= 4 is 5.91 Å². The quantitative estimate of drug-likeness (QED) is 0.846. The molecule has 1 N–H and O–H groups in total. The molecule has 2 heterocycles. The van der Waals surface area contributed by atoms with Crippen molar-refractivity contribution in [1.29, 1.82) is 0 Å². The van der Waals surface area contributed by atoms with Crippen molar-refractivity contribution in [3.63, 3.8) is 0 Å². The van der Waals surface area contributed by atoms with Crippen molar-refractivity contribution in [1.82, 2.24) is 24.6 Å². The number of amides is 1. The molecule has 122 valence electrons. The van der Waals surface area contributed by atoms with E-state index in [-0.39, 0.29) is 17.9 Å². The number of piperazine rings is 1. The van der Waals surface area contributed by atoms with Gasteiger partial charge in [-0.2, -0.15) is 5.10 Å². The van der Waals surface area contributed by atoms with Crippen molar-refractivity contribution in [2.75, 3.05) is 32.7 Å². The molecule has 1 aliphatic heterocycles. The Labute approximate surface area is 130 Å². The van der Waals surface area contributed by atoms with E-state index in [0.29, 0.717) is 6.42 Å². The minimum Gasteiger partial charge on any atom is -0.393 e. The Bertz CT molecular complexity index is 470. The van der Waals surface area contributed by atoms with E-state index in [0.717, 1.165) is 58.5 Å². The maximum absolute atomic E-state index is 12.5. The molecule has 2 aliphatic rings. The Balaban J connectivity index is 1.42. The SMILES string of the molecule is O=C([C@H]1CCC[C@H](O)C1)N1CCN(CCn2cncn2)CC1. The van der Waals surface area contributed by atoms with Gasteiger partial charge in [0.1, 0.15) is 12.7 Å². The van der Waals surface area contributed by atoms with E-state index < -0.39 is 0 Å². The van der Waals surface area contributed by atoms with Crippen LogP contribution in [0.15, 0.2) is 12.7 Å². The smallest absolute Gasteiger partial charge is 0.225 e. The minimum atomic E-state index is -0.285. The molecule has 2 atom stereocenters. The lowest BCUT2D eigenvalue weighted by Gasteiger charge is -2.37. The van der Waals surface area contributed by atoms with Crippen LogP contribution in [-0.4, -0.2) is 74.4 Å². The Kier molecular flexibility index (Phi) is 5.04. The van der Waals surface area contributed by atoms with Gasteiger partial charge in [-0.3, -0.25) is 14.4 Å². The van der Waals surface area contributed by atoms with Crippen molar-refractivity contribution < 1.29 is 9.90 Å². The summed E-state index contributed by atoms with van der Waals surface area (Å²) < 4.78 is 1.83. The minimum absolute atomic E-state index is 0.0328. The molecule has 0 aromatic carbocycles. The molecule has 1 saturated heterocycles. The Morgan fingerprint density at radius 2 is 2.00 bits per heavy atom. The van der Waals surface area contributed by atoms with Crippen LogP contribution in [0, 0.1) is 5.92 Å². The summed E-state index contributed by atoms with van der Waals surface area (Å²) >= 11 is 0. The predicted molar refractivity (Wildman–Crippen MR) is 81.0 cm³/mol. The van der Waals surface area contributed by atoms with Crippen LogP contribution in [0.3, 0.4) is 0 Å². The third-order valence-electron chi connectivity index (χ3n) is 4.79. The second-order valence-electron chi connectivity index (χ2n) is 6.34. The van der Waals surface area contributed by atoms with E-state index >= 15 is 0 Å². The van der Waals surface area contributed by atoms with Crippen LogP contribution < -0.4 is 0 Å². The topological polar surface area (TPSA) is 74.5 Å². The van der Waals surface area contributed by atoms with Crippen LogP contribution >= 0.6 is 0 Å². The van der Waals surface area contributed by atoms with Crippen molar-refractivity contribution in [2.24, 2.45) is 5.92 Å². The van der Waals surface area contributed by atoms with Gasteiger partial charge in [-0.1, -0.05) is 6.42 Å². The lowest BCUT2D eigenvalue weighted by molar-refractivity contribution is -0.139. The first-order valence-electron chi connectivity index (χ1n) is 8.24. The molecule has 22 heavy (non-hydrogen) atoms. The summed E-state index contributed by atoms with van der Waals surface area (Å²) in [7, 11) is 0. The largest absolute Gasteiger partial charge is 0.393 e. The van der Waals surface area contributed by atoms with Gasteiger partial charge in [0.15, 0.2) is 0 Å². The molecule has 1 aliphatic carbocycles. The van der Waals surface area contributed by atoms with Gasteiger partial charge in [0.2, 0.25) is 5.91 Å². The van der Waals surface area contributed by atoms with Gasteiger partial charge in [-0.15, -0.1) is 0 Å². The Hall–Kier alpha value is -1.47. The van der Waals surface area contributed by atoms with Crippen LogP contribution in [0.25, 0.3) is 0 Å². The molecule has 0 unspecified atom stereocenters. The number of carbonyl (C=O) groups excluding carboxylic acids is 1. The number of rotatable bonds is 4. The summed E-state index contributed by atoms with van der Waals surface area (Å²) in [5, 5.41) is 13.8. The van der Waals surface area contributed by atoms with Crippen LogP contribution in [0.1, 0.15) is 25.7 Å². The highest BCUT2D eigenvalue weighted by Gasteiger charge is 2.31. The zero-order valence-electron chi connectivity index (χ0n) is 13.0. The van der Waals surface area contributed by atoms with Gasteiger partial charge in [0.05, 0.1) is 12.6 Å². The number of aromatic nitrogens is 3. The molecule has 1 aromatic heterocycles. The predicted octanol–water partition coefficient (Wildman–Crippen LogP) is -0.0266. The second-order valence-corrected chi connectivity index (χ2v) is 6.34. The maximum atomic E-state index is 12.5. The molecule has 7 heteroatoms. The summed E-state index contributed by atoms with van der Waals surface area (Å²) in [6, 6.07) is 0. The highest BCUT2D eigenvalue weighted by Crippen LogP contribution is 2.26. The summed E-state index contributed by atoms with van der Waals surface area (Å²) in [6.07, 6.45) is 6.39. The average Bonchev–Trinajstić information content (AvgIpc) is 3.06. The molecule has 0 radical (unpaired) electrons. The second kappa shape index (κ2) is 7.19. The molecule has 3 rings (SSSR count). The lowest BCUT2D eigenvalue weighted by Crippen LogP contribution is -2.51. The highest BCUT2D eigenvalue weighted by molar-refractivity contribution is 5.79. The fraction of sp³-hybridized carbons (Fsp3) is 0.800. The number of nitrogens with zero attached hydrogens (tertiary/aromatic N) is 5. The van der Waals surface area contributed by atoms with E-state index in [9.17, 15) is 9.90 Å². The van der Waals surface area contributed by atoms with Gasteiger partial charge in [0.25, 0.3) is 0 Å². The van der Waals surface area contributed by atoms with E-state index in [1.165, 1.54) is 0 Å². The van der Waals surface area contributed by atoms with Crippen LogP contribution in [0.5, 0.6) is 0 Å². The summed E-state index contributed by atoms with van der Waals surface area (Å²) in [4.78, 5) is 20.8. The number of carbonyl (C=O) groups is 1. The van der Waals surface area contributed by atoms with E-state index in [4.69, 9.17) is 0 Å². The molecule has 1 aromatic rings. The first-order chi connectivity index (χ1) is 10.7. The van der Waals surface area contributed by atoms with Crippen LogP contribution in [-0.2, 0) is 11.3 Å². The van der Waals surface area contributed by atoms with Gasteiger partial charge in [-0.25, -0.2) is 4.98 Å². The summed E-state index contributed by atoms with van der Waals surface area (Å²) in [6.45, 7) is 5.19. The molecule has 7 nitrogen and oxygen atoms in total. The average molecular weight is 307 g/mol. The molecular formula is C15H25N5O2. The summed E-state index contributed by atoms with van der Waals surface area (Å²) in [5.41, 5.74) is 0. The summed E-state index contributed by atoms with van der Waals surface area (Å²) in [5.74, 6) is 0.278. The van der Waals surface area contributed by atoms with Gasteiger partial charge in [-0.05, 0) is 19.3 Å². The van der Waals surface area contributed by atoms with Gasteiger partial charge in [0, 0.05) is 38.6 Å². The number of hydrogen-bond acceptors (Lipinski definition) is 5. The fourth-order valence-corrected chi connectivity index (χ4v) is 3.43. The Morgan fingerprint density at radius 1 is 1.18 bits per heavy atom. The zero-order chi connectivity index (χ0) is 15.4. The first kappa shape index (κ1) is 15.4. The molecule has 1 saturated carbocycles. The molecule has 2 fully saturated rings. The van der Waals surface area contributed by atoms with Crippen molar-refractivity contribution in [3.05, 3.63) is 12.7 Å². The number of hydrogen-bond donors (Lipinski definition) is 1. The molecular weight excluding hydrogens is 282 g/mol. The van der Waals surface area contributed by atoms with Gasteiger partial charge < -0.3 is 10.0 Å². The van der Waals surface area contributed by atoms with E-state index in [1.807, 2.05) is 9.58 Å².